The fourth-order valence-electron chi connectivity index (χ4n) is 2.40. The fraction of sp³-hybridized carbons (Fsp3) is 0.250. The van der Waals surface area contributed by atoms with Gasteiger partial charge in [0, 0.05) is 17.5 Å². The van der Waals surface area contributed by atoms with Crippen LogP contribution in [-0.4, -0.2) is 5.75 Å². The third-order valence-corrected chi connectivity index (χ3v) is 4.55. The maximum atomic E-state index is 12.9. The van der Waals surface area contributed by atoms with Gasteiger partial charge in [-0.05, 0) is 41.5 Å². The molecule has 0 aliphatic carbocycles. The van der Waals surface area contributed by atoms with Gasteiger partial charge in [-0.25, -0.2) is 4.39 Å². The molecule has 0 saturated carbocycles. The quantitative estimate of drug-likeness (QED) is 0.901. The average Bonchev–Trinajstić information content (AvgIpc) is 2.47. The van der Waals surface area contributed by atoms with Gasteiger partial charge in [-0.2, -0.15) is 0 Å². The van der Waals surface area contributed by atoms with Crippen LogP contribution in [0.2, 0.25) is 0 Å². The van der Waals surface area contributed by atoms with E-state index in [2.05, 4.69) is 29.6 Å². The van der Waals surface area contributed by atoms with Crippen molar-refractivity contribution in [3.05, 3.63) is 65.5 Å². The van der Waals surface area contributed by atoms with Gasteiger partial charge < -0.3 is 5.32 Å². The molecule has 1 nitrogen and oxygen atoms in total. The van der Waals surface area contributed by atoms with Crippen molar-refractivity contribution in [3.63, 3.8) is 0 Å². The van der Waals surface area contributed by atoms with E-state index in [-0.39, 0.29) is 5.82 Å². The molecule has 1 atom stereocenters. The summed E-state index contributed by atoms with van der Waals surface area (Å²) in [4.78, 5) is 1.38. The largest absolute Gasteiger partial charge is 0.306 e. The molecule has 19 heavy (non-hydrogen) atoms. The summed E-state index contributed by atoms with van der Waals surface area (Å²) in [7, 11) is 0. The van der Waals surface area contributed by atoms with E-state index in [0.29, 0.717) is 6.04 Å². The summed E-state index contributed by atoms with van der Waals surface area (Å²) in [6.45, 7) is 0.782. The molecular weight excluding hydrogens is 257 g/mol. The second kappa shape index (κ2) is 5.76. The number of benzene rings is 2. The van der Waals surface area contributed by atoms with Crippen LogP contribution in [0.1, 0.15) is 23.6 Å². The van der Waals surface area contributed by atoms with Gasteiger partial charge in [-0.1, -0.05) is 30.3 Å². The van der Waals surface area contributed by atoms with Crippen LogP contribution in [0.4, 0.5) is 4.39 Å². The Labute approximate surface area is 117 Å². The molecule has 0 aromatic heterocycles. The molecule has 1 unspecified atom stereocenters. The normalized spacial score (nSPS) is 18.1. The van der Waals surface area contributed by atoms with Gasteiger partial charge in [0.05, 0.1) is 0 Å². The number of fused-ring (bicyclic) bond motifs is 1. The molecule has 1 aliphatic rings. The summed E-state index contributed by atoms with van der Waals surface area (Å²) >= 11 is 1.93. The summed E-state index contributed by atoms with van der Waals surface area (Å²) in [5.41, 5.74) is 2.51. The lowest BCUT2D eigenvalue weighted by molar-refractivity contribution is 0.509. The highest BCUT2D eigenvalue weighted by molar-refractivity contribution is 7.99. The Morgan fingerprint density at radius 1 is 1.11 bits per heavy atom. The second-order valence-corrected chi connectivity index (χ2v) is 5.87. The van der Waals surface area contributed by atoms with E-state index in [0.717, 1.165) is 24.3 Å². The fourth-order valence-corrected chi connectivity index (χ4v) is 3.52. The van der Waals surface area contributed by atoms with Crippen molar-refractivity contribution in [3.8, 4) is 0 Å². The predicted octanol–water partition coefficient (Wildman–Crippen LogP) is 4.15. The number of hydrogen-bond donors (Lipinski definition) is 1. The van der Waals surface area contributed by atoms with Crippen LogP contribution in [-0.2, 0) is 6.54 Å². The Morgan fingerprint density at radius 2 is 1.89 bits per heavy atom. The number of rotatable bonds is 3. The van der Waals surface area contributed by atoms with Crippen LogP contribution in [0.15, 0.2) is 53.4 Å². The first kappa shape index (κ1) is 12.7. The zero-order chi connectivity index (χ0) is 13.1. The predicted molar refractivity (Wildman–Crippen MR) is 77.8 cm³/mol. The zero-order valence-electron chi connectivity index (χ0n) is 10.6. The molecule has 98 valence electrons. The maximum absolute atomic E-state index is 12.9. The van der Waals surface area contributed by atoms with E-state index in [1.54, 1.807) is 0 Å². The maximum Gasteiger partial charge on any atom is 0.123 e. The molecule has 0 fully saturated rings. The van der Waals surface area contributed by atoms with Crippen LogP contribution < -0.4 is 5.32 Å². The van der Waals surface area contributed by atoms with Crippen molar-refractivity contribution in [2.45, 2.75) is 23.9 Å². The number of halogens is 1. The van der Waals surface area contributed by atoms with E-state index in [1.807, 2.05) is 23.9 Å². The van der Waals surface area contributed by atoms with E-state index in [1.165, 1.54) is 22.6 Å². The average molecular weight is 273 g/mol. The van der Waals surface area contributed by atoms with Gasteiger partial charge in [0.15, 0.2) is 0 Å². The minimum absolute atomic E-state index is 0.178. The standard InChI is InChI=1S/C16H16FNS/c17-13-7-5-12(6-8-13)11-18-15-9-10-19-16-4-2-1-3-14(15)16/h1-8,15,18H,9-11H2. The molecule has 0 bridgehead atoms. The summed E-state index contributed by atoms with van der Waals surface area (Å²) < 4.78 is 12.9. The molecular formula is C16H16FNS. The van der Waals surface area contributed by atoms with Crippen molar-refractivity contribution in [1.29, 1.82) is 0 Å². The topological polar surface area (TPSA) is 12.0 Å². The number of hydrogen-bond acceptors (Lipinski definition) is 2. The molecule has 2 aromatic carbocycles. The van der Waals surface area contributed by atoms with Gasteiger partial charge in [0.1, 0.15) is 5.82 Å². The molecule has 2 aromatic rings. The van der Waals surface area contributed by atoms with Gasteiger partial charge in [-0.3, -0.25) is 0 Å². The lowest BCUT2D eigenvalue weighted by Gasteiger charge is -2.26. The van der Waals surface area contributed by atoms with E-state index < -0.39 is 0 Å². The zero-order valence-corrected chi connectivity index (χ0v) is 11.4. The van der Waals surface area contributed by atoms with E-state index >= 15 is 0 Å². The Balaban J connectivity index is 1.69. The summed E-state index contributed by atoms with van der Waals surface area (Å²) in [6, 6.07) is 15.7. The molecule has 0 radical (unpaired) electrons. The third kappa shape index (κ3) is 2.99. The van der Waals surface area contributed by atoms with Crippen LogP contribution in [0.3, 0.4) is 0 Å². The van der Waals surface area contributed by atoms with Crippen LogP contribution in [0.5, 0.6) is 0 Å². The Morgan fingerprint density at radius 3 is 2.74 bits per heavy atom. The lowest BCUT2D eigenvalue weighted by Crippen LogP contribution is -2.24. The van der Waals surface area contributed by atoms with Crippen LogP contribution in [0, 0.1) is 5.82 Å². The summed E-state index contributed by atoms with van der Waals surface area (Å²) in [5.74, 6) is 0.973. The molecule has 3 rings (SSSR count). The van der Waals surface area contributed by atoms with Crippen molar-refractivity contribution in [2.24, 2.45) is 0 Å². The van der Waals surface area contributed by atoms with Crippen LogP contribution >= 0.6 is 11.8 Å². The Bertz CT molecular complexity index is 553. The van der Waals surface area contributed by atoms with Crippen molar-refractivity contribution >= 4 is 11.8 Å². The number of nitrogens with one attached hydrogen (secondary N) is 1. The Kier molecular flexibility index (Phi) is 3.85. The number of thioether (sulfide) groups is 1. The van der Waals surface area contributed by atoms with Gasteiger partial charge in [-0.15, -0.1) is 11.8 Å². The third-order valence-electron chi connectivity index (χ3n) is 3.42. The van der Waals surface area contributed by atoms with Crippen molar-refractivity contribution < 1.29 is 4.39 Å². The molecule has 0 spiro atoms. The second-order valence-electron chi connectivity index (χ2n) is 4.73. The monoisotopic (exact) mass is 273 g/mol. The SMILES string of the molecule is Fc1ccc(CNC2CCSc3ccccc32)cc1. The Hall–Kier alpha value is -1.32. The minimum Gasteiger partial charge on any atom is -0.306 e. The van der Waals surface area contributed by atoms with Crippen molar-refractivity contribution in [2.75, 3.05) is 5.75 Å². The summed E-state index contributed by atoms with van der Waals surface area (Å²) in [6.07, 6.45) is 1.14. The van der Waals surface area contributed by atoms with Crippen molar-refractivity contribution in [1.82, 2.24) is 5.32 Å². The van der Waals surface area contributed by atoms with Gasteiger partial charge in [0.25, 0.3) is 0 Å². The molecule has 1 heterocycles. The molecule has 0 saturated heterocycles. The first-order valence-corrected chi connectivity index (χ1v) is 7.51. The summed E-state index contributed by atoms with van der Waals surface area (Å²) in [5, 5.41) is 3.58. The smallest absolute Gasteiger partial charge is 0.123 e. The molecule has 1 N–H and O–H groups in total. The minimum atomic E-state index is -0.178. The van der Waals surface area contributed by atoms with E-state index in [4.69, 9.17) is 0 Å². The molecule has 3 heteroatoms. The van der Waals surface area contributed by atoms with Crippen LogP contribution in [0.25, 0.3) is 0 Å². The molecule has 1 aliphatic heterocycles. The first-order valence-electron chi connectivity index (χ1n) is 6.52. The van der Waals surface area contributed by atoms with Gasteiger partial charge >= 0.3 is 0 Å². The highest BCUT2D eigenvalue weighted by Crippen LogP contribution is 2.35. The highest BCUT2D eigenvalue weighted by atomic mass is 32.2. The molecule has 0 amide bonds. The highest BCUT2D eigenvalue weighted by Gasteiger charge is 2.19. The van der Waals surface area contributed by atoms with Gasteiger partial charge in [0.2, 0.25) is 0 Å². The first-order chi connectivity index (χ1) is 9.33. The lowest BCUT2D eigenvalue weighted by atomic mass is 10.0. The van der Waals surface area contributed by atoms with E-state index in [9.17, 15) is 4.39 Å².